The Kier molecular flexibility index (Phi) is 3.73. The third kappa shape index (κ3) is 2.30. The number of carboxylic acid groups (broad SMARTS) is 1. The van der Waals surface area contributed by atoms with Crippen molar-refractivity contribution in [2.45, 2.75) is 18.4 Å². The lowest BCUT2D eigenvalue weighted by atomic mass is 9.85. The van der Waals surface area contributed by atoms with Gasteiger partial charge in [-0.3, -0.25) is 0 Å². The van der Waals surface area contributed by atoms with E-state index in [0.717, 1.165) is 12.8 Å². The monoisotopic (exact) mass is 329 g/mol. The number of carbonyl (C=O) groups is 1. The topological polar surface area (TPSA) is 81.8 Å². The molecule has 1 aliphatic rings. The molecule has 1 unspecified atom stereocenters. The molecule has 0 bridgehead atoms. The Morgan fingerprint density at radius 3 is 2.37 bits per heavy atom. The summed E-state index contributed by atoms with van der Waals surface area (Å²) in [5.74, 6) is -0.0921. The fourth-order valence-corrected chi connectivity index (χ4v) is 2.74. The quantitative estimate of drug-likeness (QED) is 0.864. The highest BCUT2D eigenvalue weighted by Crippen LogP contribution is 2.48. The molecule has 1 atom stereocenters. The summed E-state index contributed by atoms with van der Waals surface area (Å²) < 4.78 is 11.1. The zero-order valence-electron chi connectivity index (χ0n) is 10.8. The number of rotatable bonds is 5. The molecule has 0 saturated heterocycles. The lowest BCUT2D eigenvalue weighted by Crippen LogP contribution is -2.47. The van der Waals surface area contributed by atoms with Crippen LogP contribution in [0.25, 0.3) is 0 Å². The van der Waals surface area contributed by atoms with Crippen LogP contribution in [-0.2, 0) is 10.3 Å². The van der Waals surface area contributed by atoms with Gasteiger partial charge >= 0.3 is 5.97 Å². The van der Waals surface area contributed by atoms with Crippen LogP contribution >= 0.6 is 15.9 Å². The number of halogens is 1. The molecule has 1 aromatic carbocycles. The first-order chi connectivity index (χ1) is 8.94. The molecule has 1 saturated carbocycles. The Balaban J connectivity index is 2.59. The maximum Gasteiger partial charge on any atom is 0.328 e. The number of nitrogens with two attached hydrogens (primary N) is 1. The Labute approximate surface area is 119 Å². The fourth-order valence-electron chi connectivity index (χ4n) is 2.23. The molecule has 3 N–H and O–H groups in total. The average Bonchev–Trinajstić information content (AvgIpc) is 3.21. The smallest absolute Gasteiger partial charge is 0.328 e. The van der Waals surface area contributed by atoms with Gasteiger partial charge in [0.15, 0.2) is 0 Å². The molecule has 104 valence electrons. The van der Waals surface area contributed by atoms with E-state index in [9.17, 15) is 9.90 Å². The summed E-state index contributed by atoms with van der Waals surface area (Å²) in [6.45, 7) is 0. The lowest BCUT2D eigenvalue weighted by molar-refractivity contribution is -0.144. The SMILES string of the molecule is COc1cc(OC)c(C(N)(C(=O)O)C2CC2)cc1Br. The first-order valence-electron chi connectivity index (χ1n) is 5.89. The zero-order valence-corrected chi connectivity index (χ0v) is 12.4. The van der Waals surface area contributed by atoms with Crippen molar-refractivity contribution in [1.29, 1.82) is 0 Å². The highest BCUT2D eigenvalue weighted by Gasteiger charge is 2.51. The van der Waals surface area contributed by atoms with Gasteiger partial charge in [-0.05, 0) is 40.8 Å². The molecule has 0 spiro atoms. The number of methoxy groups -OCH3 is 2. The van der Waals surface area contributed by atoms with Crippen LogP contribution in [0.5, 0.6) is 11.5 Å². The largest absolute Gasteiger partial charge is 0.496 e. The van der Waals surface area contributed by atoms with Gasteiger partial charge in [0, 0.05) is 11.6 Å². The molecule has 19 heavy (non-hydrogen) atoms. The van der Waals surface area contributed by atoms with Gasteiger partial charge in [0.25, 0.3) is 0 Å². The van der Waals surface area contributed by atoms with E-state index in [0.29, 0.717) is 21.5 Å². The molecule has 0 heterocycles. The summed E-state index contributed by atoms with van der Waals surface area (Å²) in [5.41, 5.74) is 5.22. The standard InChI is InChI=1S/C13H16BrNO4/c1-18-10-6-11(19-2)9(14)5-8(10)13(15,12(16)17)7-3-4-7/h5-7H,3-4,15H2,1-2H3,(H,16,17). The molecule has 2 rings (SSSR count). The Hall–Kier alpha value is -1.27. The van der Waals surface area contributed by atoms with Crippen LogP contribution in [0, 0.1) is 5.92 Å². The second-order valence-corrected chi connectivity index (χ2v) is 5.49. The highest BCUT2D eigenvalue weighted by atomic mass is 79.9. The van der Waals surface area contributed by atoms with E-state index in [2.05, 4.69) is 15.9 Å². The van der Waals surface area contributed by atoms with Crippen LogP contribution in [-0.4, -0.2) is 25.3 Å². The van der Waals surface area contributed by atoms with Crippen molar-refractivity contribution in [2.75, 3.05) is 14.2 Å². The first-order valence-corrected chi connectivity index (χ1v) is 6.68. The predicted molar refractivity (Wildman–Crippen MR) is 73.5 cm³/mol. The lowest BCUT2D eigenvalue weighted by Gasteiger charge is -2.27. The normalized spacial score (nSPS) is 17.7. The fraction of sp³-hybridized carbons (Fsp3) is 0.462. The summed E-state index contributed by atoms with van der Waals surface area (Å²) in [4.78, 5) is 11.6. The van der Waals surface area contributed by atoms with Crippen LogP contribution in [0.3, 0.4) is 0 Å². The van der Waals surface area contributed by atoms with E-state index < -0.39 is 11.5 Å². The number of hydrogen-bond acceptors (Lipinski definition) is 4. The third-order valence-electron chi connectivity index (χ3n) is 3.49. The van der Waals surface area contributed by atoms with E-state index in [-0.39, 0.29) is 5.92 Å². The maximum atomic E-state index is 11.6. The molecular weight excluding hydrogens is 314 g/mol. The third-order valence-corrected chi connectivity index (χ3v) is 4.11. The van der Waals surface area contributed by atoms with Crippen molar-refractivity contribution in [1.82, 2.24) is 0 Å². The molecular formula is C13H16BrNO4. The van der Waals surface area contributed by atoms with Crippen LogP contribution < -0.4 is 15.2 Å². The summed E-state index contributed by atoms with van der Waals surface area (Å²) in [5, 5.41) is 9.51. The van der Waals surface area contributed by atoms with E-state index in [1.807, 2.05) is 0 Å². The van der Waals surface area contributed by atoms with Crippen LogP contribution in [0.2, 0.25) is 0 Å². The molecule has 0 radical (unpaired) electrons. The van der Waals surface area contributed by atoms with Crippen molar-refractivity contribution in [2.24, 2.45) is 11.7 Å². The van der Waals surface area contributed by atoms with Gasteiger partial charge in [-0.2, -0.15) is 0 Å². The van der Waals surface area contributed by atoms with Gasteiger partial charge in [0.05, 0.1) is 18.7 Å². The molecule has 6 heteroatoms. The highest BCUT2D eigenvalue weighted by molar-refractivity contribution is 9.10. The van der Waals surface area contributed by atoms with Gasteiger partial charge in [0.1, 0.15) is 17.0 Å². The van der Waals surface area contributed by atoms with Gasteiger partial charge < -0.3 is 20.3 Å². The summed E-state index contributed by atoms with van der Waals surface area (Å²) in [6, 6.07) is 3.32. The van der Waals surface area contributed by atoms with Crippen molar-refractivity contribution >= 4 is 21.9 Å². The number of hydrogen-bond donors (Lipinski definition) is 2. The van der Waals surface area contributed by atoms with Crippen molar-refractivity contribution < 1.29 is 19.4 Å². The Morgan fingerprint density at radius 1 is 1.37 bits per heavy atom. The Morgan fingerprint density at radius 2 is 1.95 bits per heavy atom. The number of benzene rings is 1. The molecule has 0 aliphatic heterocycles. The van der Waals surface area contributed by atoms with Crippen LogP contribution in [0.1, 0.15) is 18.4 Å². The summed E-state index contributed by atoms with van der Waals surface area (Å²) in [7, 11) is 3.02. The van der Waals surface area contributed by atoms with Gasteiger partial charge in [-0.25, -0.2) is 4.79 Å². The van der Waals surface area contributed by atoms with Crippen molar-refractivity contribution in [3.8, 4) is 11.5 Å². The van der Waals surface area contributed by atoms with Gasteiger partial charge in [-0.15, -0.1) is 0 Å². The molecule has 1 aromatic rings. The van der Waals surface area contributed by atoms with Crippen LogP contribution in [0.15, 0.2) is 16.6 Å². The zero-order chi connectivity index (χ0) is 14.2. The second kappa shape index (κ2) is 5.02. The second-order valence-electron chi connectivity index (χ2n) is 4.64. The van der Waals surface area contributed by atoms with Gasteiger partial charge in [0.2, 0.25) is 0 Å². The van der Waals surface area contributed by atoms with E-state index >= 15 is 0 Å². The van der Waals surface area contributed by atoms with E-state index in [4.69, 9.17) is 15.2 Å². The Bertz CT molecular complexity index is 516. The summed E-state index contributed by atoms with van der Waals surface area (Å²) >= 11 is 3.35. The van der Waals surface area contributed by atoms with Crippen molar-refractivity contribution in [3.63, 3.8) is 0 Å². The van der Waals surface area contributed by atoms with Crippen LogP contribution in [0.4, 0.5) is 0 Å². The average molecular weight is 330 g/mol. The minimum absolute atomic E-state index is 0.0563. The number of carboxylic acids is 1. The molecule has 5 nitrogen and oxygen atoms in total. The van der Waals surface area contributed by atoms with Crippen molar-refractivity contribution in [3.05, 3.63) is 22.2 Å². The minimum atomic E-state index is -1.42. The molecule has 1 aliphatic carbocycles. The molecule has 0 aromatic heterocycles. The number of aliphatic carboxylic acids is 1. The maximum absolute atomic E-state index is 11.6. The van der Waals surface area contributed by atoms with E-state index in [1.54, 1.807) is 12.1 Å². The summed E-state index contributed by atoms with van der Waals surface area (Å²) in [6.07, 6.45) is 1.63. The van der Waals surface area contributed by atoms with Gasteiger partial charge in [-0.1, -0.05) is 0 Å². The molecule has 1 fully saturated rings. The first kappa shape index (κ1) is 14.1. The minimum Gasteiger partial charge on any atom is -0.496 e. The predicted octanol–water partition coefficient (Wildman–Crippen LogP) is 2.11. The van der Waals surface area contributed by atoms with E-state index in [1.165, 1.54) is 14.2 Å². The molecule has 0 amide bonds. The number of ether oxygens (including phenoxy) is 2.